The van der Waals surface area contributed by atoms with Crippen LogP contribution in [0.2, 0.25) is 0 Å². The van der Waals surface area contributed by atoms with E-state index in [0.717, 1.165) is 0 Å². The molecular formula is C13H15FN4O2. The average molecular weight is 278 g/mol. The fraction of sp³-hybridized carbons (Fsp3) is 0.308. The van der Waals surface area contributed by atoms with Crippen molar-refractivity contribution in [2.45, 2.75) is 19.0 Å². The highest BCUT2D eigenvalue weighted by molar-refractivity contribution is 5.81. The summed E-state index contributed by atoms with van der Waals surface area (Å²) >= 11 is 0. The van der Waals surface area contributed by atoms with Crippen molar-refractivity contribution in [3.63, 3.8) is 0 Å². The van der Waals surface area contributed by atoms with Gasteiger partial charge in [-0.3, -0.25) is 4.68 Å². The molecular weight excluding hydrogens is 263 g/mol. The van der Waals surface area contributed by atoms with E-state index >= 15 is 0 Å². The zero-order chi connectivity index (χ0) is 14.8. The number of carboxylic acid groups (broad SMARTS) is 1. The summed E-state index contributed by atoms with van der Waals surface area (Å²) in [7, 11) is 0. The second-order valence-corrected chi connectivity index (χ2v) is 4.67. The monoisotopic (exact) mass is 278 g/mol. The van der Waals surface area contributed by atoms with Crippen LogP contribution < -0.4 is 5.73 Å². The molecule has 0 aliphatic carbocycles. The van der Waals surface area contributed by atoms with Gasteiger partial charge in [0, 0.05) is 18.0 Å². The number of nitrogens with zero attached hydrogens (tertiary/aromatic N) is 3. The Bertz CT molecular complexity index is 602. The van der Waals surface area contributed by atoms with E-state index in [4.69, 9.17) is 5.73 Å². The van der Waals surface area contributed by atoms with Crippen LogP contribution in [0.3, 0.4) is 0 Å². The number of benzene rings is 1. The van der Waals surface area contributed by atoms with E-state index in [2.05, 4.69) is 10.1 Å². The Morgan fingerprint density at radius 3 is 2.80 bits per heavy atom. The first-order chi connectivity index (χ1) is 9.46. The molecule has 2 atom stereocenters. The van der Waals surface area contributed by atoms with E-state index in [-0.39, 0.29) is 12.1 Å². The summed E-state index contributed by atoms with van der Waals surface area (Å²) in [6, 6.07) is 5.64. The lowest BCUT2D eigenvalue weighted by Gasteiger charge is -2.31. The van der Waals surface area contributed by atoms with Crippen LogP contribution in [0.15, 0.2) is 36.9 Å². The fourth-order valence-electron chi connectivity index (χ4n) is 2.14. The summed E-state index contributed by atoms with van der Waals surface area (Å²) < 4.78 is 15.4. The summed E-state index contributed by atoms with van der Waals surface area (Å²) in [4.78, 5) is 15.4. The molecule has 7 heteroatoms. The minimum absolute atomic E-state index is 0.0416. The van der Waals surface area contributed by atoms with E-state index in [1.807, 2.05) is 0 Å². The quantitative estimate of drug-likeness (QED) is 0.850. The van der Waals surface area contributed by atoms with Gasteiger partial charge in [-0.2, -0.15) is 5.10 Å². The molecule has 2 unspecified atom stereocenters. The molecule has 0 aliphatic rings. The van der Waals surface area contributed by atoms with Crippen molar-refractivity contribution in [3.8, 4) is 0 Å². The highest BCUT2D eigenvalue weighted by Gasteiger charge is 2.43. The van der Waals surface area contributed by atoms with Crippen molar-refractivity contribution < 1.29 is 14.3 Å². The molecule has 1 aromatic heterocycles. The number of aliphatic carboxylic acids is 1. The van der Waals surface area contributed by atoms with Crippen LogP contribution in [0, 0.1) is 11.7 Å². The van der Waals surface area contributed by atoms with Gasteiger partial charge in [0.05, 0.1) is 0 Å². The highest BCUT2D eigenvalue weighted by Crippen LogP contribution is 2.30. The molecule has 0 bridgehead atoms. The zero-order valence-corrected chi connectivity index (χ0v) is 10.9. The average Bonchev–Trinajstić information content (AvgIpc) is 2.91. The fourth-order valence-corrected chi connectivity index (χ4v) is 2.14. The van der Waals surface area contributed by atoms with Crippen molar-refractivity contribution in [2.24, 2.45) is 11.7 Å². The number of aromatic nitrogens is 3. The summed E-state index contributed by atoms with van der Waals surface area (Å²) in [5, 5.41) is 13.4. The van der Waals surface area contributed by atoms with Crippen molar-refractivity contribution in [2.75, 3.05) is 0 Å². The minimum Gasteiger partial charge on any atom is -0.480 e. The van der Waals surface area contributed by atoms with E-state index in [9.17, 15) is 14.3 Å². The van der Waals surface area contributed by atoms with Crippen molar-refractivity contribution in [3.05, 3.63) is 48.3 Å². The van der Waals surface area contributed by atoms with Crippen LogP contribution in [-0.4, -0.2) is 25.8 Å². The predicted molar refractivity (Wildman–Crippen MR) is 69.1 cm³/mol. The molecule has 20 heavy (non-hydrogen) atoms. The zero-order valence-electron chi connectivity index (χ0n) is 10.9. The maximum atomic E-state index is 13.9. The third kappa shape index (κ3) is 2.39. The van der Waals surface area contributed by atoms with Gasteiger partial charge in [-0.05, 0) is 6.07 Å². The lowest BCUT2D eigenvalue weighted by molar-refractivity contribution is -0.146. The Morgan fingerprint density at radius 1 is 1.55 bits per heavy atom. The summed E-state index contributed by atoms with van der Waals surface area (Å²) in [5.41, 5.74) is 4.14. The summed E-state index contributed by atoms with van der Waals surface area (Å²) in [5.74, 6) is -2.50. The number of rotatable bonds is 5. The molecule has 0 aliphatic heterocycles. The van der Waals surface area contributed by atoms with E-state index < -0.39 is 23.2 Å². The standard InChI is InChI=1S/C13H15FN4O2/c1-9(6-18-8-16-7-17-18)13(15,12(19)20)10-4-2-3-5-11(10)14/h2-5,7-9H,6,15H2,1H3,(H,19,20). The maximum absolute atomic E-state index is 13.9. The van der Waals surface area contributed by atoms with Crippen molar-refractivity contribution in [1.82, 2.24) is 14.8 Å². The van der Waals surface area contributed by atoms with Crippen molar-refractivity contribution in [1.29, 1.82) is 0 Å². The van der Waals surface area contributed by atoms with Gasteiger partial charge >= 0.3 is 5.97 Å². The van der Waals surface area contributed by atoms with Gasteiger partial charge in [-0.25, -0.2) is 14.2 Å². The van der Waals surface area contributed by atoms with E-state index in [1.54, 1.807) is 13.0 Å². The largest absolute Gasteiger partial charge is 0.480 e. The van der Waals surface area contributed by atoms with Gasteiger partial charge in [-0.15, -0.1) is 0 Å². The van der Waals surface area contributed by atoms with E-state index in [1.165, 1.54) is 35.5 Å². The first-order valence-corrected chi connectivity index (χ1v) is 6.06. The van der Waals surface area contributed by atoms with Gasteiger partial charge < -0.3 is 10.8 Å². The van der Waals surface area contributed by atoms with Crippen LogP contribution in [-0.2, 0) is 16.9 Å². The lowest BCUT2D eigenvalue weighted by atomic mass is 9.79. The Morgan fingerprint density at radius 2 is 2.25 bits per heavy atom. The summed E-state index contributed by atoms with van der Waals surface area (Å²) in [6.45, 7) is 1.86. The molecule has 6 nitrogen and oxygen atoms in total. The van der Waals surface area contributed by atoms with Gasteiger partial charge in [0.15, 0.2) is 0 Å². The van der Waals surface area contributed by atoms with Gasteiger partial charge in [0.2, 0.25) is 0 Å². The minimum atomic E-state index is -1.84. The van der Waals surface area contributed by atoms with Crippen LogP contribution >= 0.6 is 0 Å². The molecule has 0 radical (unpaired) electrons. The molecule has 1 heterocycles. The Hall–Kier alpha value is -2.28. The predicted octanol–water partition coefficient (Wildman–Crippen LogP) is 0.992. The smallest absolute Gasteiger partial charge is 0.328 e. The van der Waals surface area contributed by atoms with Crippen LogP contribution in [0.25, 0.3) is 0 Å². The molecule has 1 aromatic carbocycles. The number of halogens is 1. The third-order valence-electron chi connectivity index (χ3n) is 3.38. The van der Waals surface area contributed by atoms with Crippen LogP contribution in [0.4, 0.5) is 4.39 Å². The van der Waals surface area contributed by atoms with Gasteiger partial charge in [0.1, 0.15) is 24.0 Å². The maximum Gasteiger partial charge on any atom is 0.328 e. The molecule has 106 valence electrons. The normalized spacial score (nSPS) is 15.6. The second kappa shape index (κ2) is 5.38. The van der Waals surface area contributed by atoms with Crippen LogP contribution in [0.5, 0.6) is 0 Å². The van der Waals surface area contributed by atoms with Gasteiger partial charge in [-0.1, -0.05) is 25.1 Å². The number of carbonyl (C=O) groups is 1. The Balaban J connectivity index is 2.39. The molecule has 0 spiro atoms. The first-order valence-electron chi connectivity index (χ1n) is 6.06. The number of hydrogen-bond donors (Lipinski definition) is 2. The number of carboxylic acids is 1. The first kappa shape index (κ1) is 14.1. The highest BCUT2D eigenvalue weighted by atomic mass is 19.1. The van der Waals surface area contributed by atoms with Crippen LogP contribution in [0.1, 0.15) is 12.5 Å². The third-order valence-corrected chi connectivity index (χ3v) is 3.38. The second-order valence-electron chi connectivity index (χ2n) is 4.67. The number of nitrogens with two attached hydrogens (primary N) is 1. The van der Waals surface area contributed by atoms with Crippen molar-refractivity contribution >= 4 is 5.97 Å². The SMILES string of the molecule is CC(Cn1cncn1)C(N)(C(=O)O)c1ccccc1F. The topological polar surface area (TPSA) is 94.0 Å². The molecule has 2 rings (SSSR count). The Kier molecular flexibility index (Phi) is 3.80. The lowest BCUT2D eigenvalue weighted by Crippen LogP contribution is -2.52. The molecule has 0 saturated heterocycles. The molecule has 3 N–H and O–H groups in total. The molecule has 0 fully saturated rings. The Labute approximate surface area is 115 Å². The molecule has 0 amide bonds. The van der Waals surface area contributed by atoms with Gasteiger partial charge in [0.25, 0.3) is 0 Å². The number of hydrogen-bond acceptors (Lipinski definition) is 4. The van der Waals surface area contributed by atoms with E-state index in [0.29, 0.717) is 0 Å². The summed E-state index contributed by atoms with van der Waals surface area (Å²) in [6.07, 6.45) is 2.80. The molecule has 2 aromatic rings. The molecule has 0 saturated carbocycles.